The van der Waals surface area contributed by atoms with E-state index in [1.807, 2.05) is 37.3 Å². The van der Waals surface area contributed by atoms with Crippen LogP contribution in [0.25, 0.3) is 0 Å². The summed E-state index contributed by atoms with van der Waals surface area (Å²) in [6.07, 6.45) is 0. The van der Waals surface area contributed by atoms with E-state index in [2.05, 4.69) is 20.7 Å². The Kier molecular flexibility index (Phi) is 4.21. The molecule has 3 nitrogen and oxygen atoms in total. The summed E-state index contributed by atoms with van der Waals surface area (Å²) in [4.78, 5) is 0. The summed E-state index contributed by atoms with van der Waals surface area (Å²) in [5.74, 6) is 0. The fourth-order valence-corrected chi connectivity index (χ4v) is 4.80. The molecule has 0 radical (unpaired) electrons. The Labute approximate surface area is 119 Å². The maximum absolute atomic E-state index is 12.1. The van der Waals surface area contributed by atoms with Gasteiger partial charge in [0, 0.05) is 6.04 Å². The van der Waals surface area contributed by atoms with Crippen LogP contribution in [0.15, 0.2) is 50.5 Å². The van der Waals surface area contributed by atoms with Gasteiger partial charge in [-0.15, -0.1) is 11.3 Å². The zero-order valence-corrected chi connectivity index (χ0v) is 12.8. The topological polar surface area (TPSA) is 46.2 Å². The summed E-state index contributed by atoms with van der Waals surface area (Å²) < 4.78 is 28.0. The molecule has 2 rings (SSSR count). The molecule has 0 spiro atoms. The summed E-state index contributed by atoms with van der Waals surface area (Å²) in [5.41, 5.74) is 0.941. The van der Waals surface area contributed by atoms with Crippen LogP contribution in [-0.4, -0.2) is 8.42 Å². The predicted molar refractivity (Wildman–Crippen MR) is 77.2 cm³/mol. The molecule has 1 N–H and O–H groups in total. The Morgan fingerprint density at radius 1 is 1.17 bits per heavy atom. The smallest absolute Gasteiger partial charge is 0.206 e. The molecule has 0 unspecified atom stereocenters. The van der Waals surface area contributed by atoms with Crippen molar-refractivity contribution in [2.75, 3.05) is 0 Å². The quantitative estimate of drug-likeness (QED) is 0.920. The molecule has 0 bridgehead atoms. The predicted octanol–water partition coefficient (Wildman–Crippen LogP) is 3.55. The van der Waals surface area contributed by atoms with E-state index in [1.54, 1.807) is 12.1 Å². The Morgan fingerprint density at radius 2 is 1.83 bits per heavy atom. The Morgan fingerprint density at radius 3 is 2.39 bits per heavy atom. The van der Waals surface area contributed by atoms with Gasteiger partial charge >= 0.3 is 0 Å². The van der Waals surface area contributed by atoms with E-state index >= 15 is 0 Å². The number of benzene rings is 1. The van der Waals surface area contributed by atoms with Crippen LogP contribution in [0.2, 0.25) is 0 Å². The first-order chi connectivity index (χ1) is 8.49. The zero-order valence-electron chi connectivity index (χ0n) is 9.63. The normalized spacial score (nSPS) is 13.4. The van der Waals surface area contributed by atoms with Crippen LogP contribution in [0.1, 0.15) is 18.5 Å². The van der Waals surface area contributed by atoms with Gasteiger partial charge in [-0.25, -0.2) is 13.1 Å². The van der Waals surface area contributed by atoms with Gasteiger partial charge in [0.05, 0.1) is 3.79 Å². The van der Waals surface area contributed by atoms with Crippen LogP contribution >= 0.6 is 27.3 Å². The van der Waals surface area contributed by atoms with Crippen molar-refractivity contribution >= 4 is 37.3 Å². The van der Waals surface area contributed by atoms with Gasteiger partial charge in [0.15, 0.2) is 0 Å². The molecule has 0 amide bonds. The van der Waals surface area contributed by atoms with Crippen molar-refractivity contribution in [2.45, 2.75) is 17.2 Å². The highest BCUT2D eigenvalue weighted by atomic mass is 79.9. The largest absolute Gasteiger partial charge is 0.250 e. The van der Waals surface area contributed by atoms with Crippen molar-refractivity contribution < 1.29 is 8.42 Å². The second kappa shape index (κ2) is 5.52. The molecule has 18 heavy (non-hydrogen) atoms. The third kappa shape index (κ3) is 3.20. The molecule has 0 saturated heterocycles. The first kappa shape index (κ1) is 13.7. The minimum absolute atomic E-state index is 0.253. The SMILES string of the molecule is C[C@@H](NS(=O)(=O)c1ccc(Br)s1)c1ccccc1. The summed E-state index contributed by atoms with van der Waals surface area (Å²) in [6, 6.07) is 12.6. The van der Waals surface area contributed by atoms with Crippen LogP contribution in [0.4, 0.5) is 0 Å². The fourth-order valence-electron chi connectivity index (χ4n) is 1.54. The van der Waals surface area contributed by atoms with Gasteiger partial charge in [0.2, 0.25) is 0 Å². The second-order valence-electron chi connectivity index (χ2n) is 3.81. The van der Waals surface area contributed by atoms with Crippen molar-refractivity contribution in [3.05, 3.63) is 51.8 Å². The monoisotopic (exact) mass is 345 g/mol. The molecule has 1 atom stereocenters. The molecular weight excluding hydrogens is 334 g/mol. The Hall–Kier alpha value is -0.690. The molecule has 0 aliphatic rings. The van der Waals surface area contributed by atoms with Gasteiger partial charge in [0.25, 0.3) is 10.0 Å². The zero-order chi connectivity index (χ0) is 13.2. The molecule has 6 heteroatoms. The average Bonchev–Trinajstić information content (AvgIpc) is 2.77. The van der Waals surface area contributed by atoms with Crippen molar-refractivity contribution in [1.82, 2.24) is 4.72 Å². The fraction of sp³-hybridized carbons (Fsp3) is 0.167. The van der Waals surface area contributed by atoms with E-state index < -0.39 is 10.0 Å². The standard InChI is InChI=1S/C12H12BrNO2S2/c1-9(10-5-3-2-4-6-10)14-18(15,16)12-8-7-11(13)17-12/h2-9,14H,1H3/t9-/m1/s1. The third-order valence-corrected chi connectivity index (χ3v) is 6.10. The molecule has 96 valence electrons. The van der Waals surface area contributed by atoms with Crippen molar-refractivity contribution in [1.29, 1.82) is 0 Å². The van der Waals surface area contributed by atoms with E-state index in [9.17, 15) is 8.42 Å². The molecule has 0 aliphatic carbocycles. The average molecular weight is 346 g/mol. The highest BCUT2D eigenvalue weighted by molar-refractivity contribution is 9.11. The molecule has 1 heterocycles. The summed E-state index contributed by atoms with van der Waals surface area (Å²) in [5, 5.41) is 0. The van der Waals surface area contributed by atoms with Crippen molar-refractivity contribution in [3.8, 4) is 0 Å². The number of rotatable bonds is 4. The number of thiophene rings is 1. The molecule has 0 saturated carbocycles. The van der Waals surface area contributed by atoms with Crippen LogP contribution in [0.5, 0.6) is 0 Å². The number of hydrogen-bond donors (Lipinski definition) is 1. The van der Waals surface area contributed by atoms with Crippen LogP contribution in [-0.2, 0) is 10.0 Å². The van der Waals surface area contributed by atoms with Gasteiger partial charge in [-0.2, -0.15) is 0 Å². The number of nitrogens with one attached hydrogen (secondary N) is 1. The number of hydrogen-bond acceptors (Lipinski definition) is 3. The lowest BCUT2D eigenvalue weighted by molar-refractivity contribution is 0.569. The molecule has 1 aromatic carbocycles. The van der Waals surface area contributed by atoms with Crippen molar-refractivity contribution in [2.24, 2.45) is 0 Å². The maximum Gasteiger partial charge on any atom is 0.250 e. The Balaban J connectivity index is 2.19. The van der Waals surface area contributed by atoms with Crippen LogP contribution in [0, 0.1) is 0 Å². The van der Waals surface area contributed by atoms with Crippen LogP contribution < -0.4 is 4.72 Å². The van der Waals surface area contributed by atoms with E-state index in [0.29, 0.717) is 4.21 Å². The van der Waals surface area contributed by atoms with Gasteiger partial charge in [-0.1, -0.05) is 30.3 Å². The lowest BCUT2D eigenvalue weighted by Crippen LogP contribution is -2.26. The first-order valence-electron chi connectivity index (χ1n) is 5.31. The summed E-state index contributed by atoms with van der Waals surface area (Å²) in [6.45, 7) is 1.83. The Bertz CT molecular complexity index is 623. The van der Waals surface area contributed by atoms with E-state index in [-0.39, 0.29) is 6.04 Å². The van der Waals surface area contributed by atoms with Gasteiger partial charge in [0.1, 0.15) is 4.21 Å². The molecule has 0 aliphatic heterocycles. The lowest BCUT2D eigenvalue weighted by Gasteiger charge is -2.13. The second-order valence-corrected chi connectivity index (χ2v) is 8.22. The maximum atomic E-state index is 12.1. The number of sulfonamides is 1. The first-order valence-corrected chi connectivity index (χ1v) is 8.41. The van der Waals surface area contributed by atoms with Gasteiger partial charge in [-0.3, -0.25) is 0 Å². The molecule has 1 aromatic heterocycles. The number of halogens is 1. The minimum atomic E-state index is -3.45. The van der Waals surface area contributed by atoms with Gasteiger partial charge in [-0.05, 0) is 40.5 Å². The van der Waals surface area contributed by atoms with Crippen molar-refractivity contribution in [3.63, 3.8) is 0 Å². The lowest BCUT2D eigenvalue weighted by atomic mass is 10.1. The van der Waals surface area contributed by atoms with E-state index in [4.69, 9.17) is 0 Å². The minimum Gasteiger partial charge on any atom is -0.206 e. The van der Waals surface area contributed by atoms with E-state index in [0.717, 1.165) is 9.35 Å². The third-order valence-electron chi connectivity index (χ3n) is 2.44. The molecule has 2 aromatic rings. The van der Waals surface area contributed by atoms with E-state index in [1.165, 1.54) is 11.3 Å². The highest BCUT2D eigenvalue weighted by Crippen LogP contribution is 2.27. The summed E-state index contributed by atoms with van der Waals surface area (Å²) >= 11 is 4.46. The summed E-state index contributed by atoms with van der Waals surface area (Å²) in [7, 11) is -3.45. The highest BCUT2D eigenvalue weighted by Gasteiger charge is 2.19. The molecular formula is C12H12BrNO2S2. The molecule has 0 fully saturated rings. The van der Waals surface area contributed by atoms with Crippen LogP contribution in [0.3, 0.4) is 0 Å². The van der Waals surface area contributed by atoms with Gasteiger partial charge < -0.3 is 0 Å².